The molecule has 0 aliphatic heterocycles. The molecule has 4 aromatic rings. The fraction of sp³-hybridized carbons (Fsp3) is 0.206. The van der Waals surface area contributed by atoms with Gasteiger partial charge in [0.1, 0.15) is 5.82 Å². The van der Waals surface area contributed by atoms with Crippen molar-refractivity contribution in [2.75, 3.05) is 27.3 Å². The van der Waals surface area contributed by atoms with Gasteiger partial charge in [0.15, 0.2) is 11.5 Å². The number of hydrogen-bond acceptors (Lipinski definition) is 5. The smallest absolute Gasteiger partial charge is 0.305 e. The Bertz CT molecular complexity index is 1610. The number of carbonyl (C=O) groups excluding carboxylic acids is 2. The summed E-state index contributed by atoms with van der Waals surface area (Å²) in [6.07, 6.45) is 0.228. The summed E-state index contributed by atoms with van der Waals surface area (Å²) in [7, 11) is 3.09. The zero-order valence-electron chi connectivity index (χ0n) is 24.0. The SMILES string of the molecule is COc1ccc(CCN(CCC(=O)O)C(=O)c2ccccc2-c2ccccc2C(=O)NCc2cccc(F)c2)cc1OC. The number of carboxylic acids is 1. The van der Waals surface area contributed by atoms with E-state index in [0.717, 1.165) is 5.56 Å². The number of nitrogens with one attached hydrogen (secondary N) is 1. The number of hydrogen-bond donors (Lipinski definition) is 2. The summed E-state index contributed by atoms with van der Waals surface area (Å²) in [6, 6.07) is 25.3. The van der Waals surface area contributed by atoms with Crippen LogP contribution in [-0.2, 0) is 17.8 Å². The molecule has 0 atom stereocenters. The lowest BCUT2D eigenvalue weighted by Crippen LogP contribution is -2.35. The van der Waals surface area contributed by atoms with Crippen LogP contribution in [0.3, 0.4) is 0 Å². The number of aliphatic carboxylic acids is 1. The molecule has 8 nitrogen and oxygen atoms in total. The van der Waals surface area contributed by atoms with Crippen LogP contribution in [0.1, 0.15) is 38.3 Å². The van der Waals surface area contributed by atoms with Crippen LogP contribution in [0.5, 0.6) is 11.5 Å². The molecule has 2 N–H and O–H groups in total. The number of benzene rings is 4. The van der Waals surface area contributed by atoms with Crippen LogP contribution in [0, 0.1) is 5.82 Å². The molecule has 0 saturated heterocycles. The second-order valence-electron chi connectivity index (χ2n) is 9.78. The molecule has 0 heterocycles. The molecule has 0 aromatic heterocycles. The molecule has 43 heavy (non-hydrogen) atoms. The van der Waals surface area contributed by atoms with E-state index in [9.17, 15) is 23.9 Å². The molecule has 0 bridgehead atoms. The average Bonchev–Trinajstić information content (AvgIpc) is 3.03. The third kappa shape index (κ3) is 7.97. The van der Waals surface area contributed by atoms with Gasteiger partial charge >= 0.3 is 5.97 Å². The first-order chi connectivity index (χ1) is 20.8. The van der Waals surface area contributed by atoms with E-state index in [1.165, 1.54) is 17.0 Å². The van der Waals surface area contributed by atoms with Gasteiger partial charge in [0.2, 0.25) is 0 Å². The first-order valence-corrected chi connectivity index (χ1v) is 13.7. The van der Waals surface area contributed by atoms with Gasteiger partial charge in [0.25, 0.3) is 11.8 Å². The molecule has 0 aliphatic carbocycles. The largest absolute Gasteiger partial charge is 0.493 e. The van der Waals surface area contributed by atoms with E-state index in [2.05, 4.69) is 5.32 Å². The van der Waals surface area contributed by atoms with Crippen molar-refractivity contribution in [2.24, 2.45) is 0 Å². The first-order valence-electron chi connectivity index (χ1n) is 13.7. The average molecular weight is 585 g/mol. The molecule has 0 radical (unpaired) electrons. The highest BCUT2D eigenvalue weighted by atomic mass is 19.1. The van der Waals surface area contributed by atoms with Gasteiger partial charge in [0, 0.05) is 30.8 Å². The van der Waals surface area contributed by atoms with Gasteiger partial charge in [-0.25, -0.2) is 4.39 Å². The van der Waals surface area contributed by atoms with E-state index in [-0.39, 0.29) is 37.9 Å². The number of carboxylic acid groups (broad SMARTS) is 1. The monoisotopic (exact) mass is 584 g/mol. The summed E-state index contributed by atoms with van der Waals surface area (Å²) >= 11 is 0. The molecule has 0 aliphatic rings. The van der Waals surface area contributed by atoms with Crippen molar-refractivity contribution in [3.05, 3.63) is 119 Å². The van der Waals surface area contributed by atoms with Gasteiger partial charge in [-0.1, -0.05) is 54.6 Å². The second-order valence-corrected chi connectivity index (χ2v) is 9.78. The molecule has 0 unspecified atom stereocenters. The highest BCUT2D eigenvalue weighted by Crippen LogP contribution is 2.30. The predicted molar refractivity (Wildman–Crippen MR) is 161 cm³/mol. The van der Waals surface area contributed by atoms with E-state index in [1.807, 2.05) is 12.1 Å². The Hall–Kier alpha value is -5.18. The minimum atomic E-state index is -1.02. The van der Waals surface area contributed by atoms with Gasteiger partial charge in [-0.15, -0.1) is 0 Å². The van der Waals surface area contributed by atoms with Crippen LogP contribution in [-0.4, -0.2) is 55.1 Å². The van der Waals surface area contributed by atoms with E-state index in [4.69, 9.17) is 9.47 Å². The number of halogens is 1. The summed E-state index contributed by atoms with van der Waals surface area (Å²) in [5, 5.41) is 12.2. The summed E-state index contributed by atoms with van der Waals surface area (Å²) in [4.78, 5) is 40.2. The Morgan fingerprint density at radius 2 is 1.44 bits per heavy atom. The Kier molecular flexibility index (Phi) is 10.5. The fourth-order valence-corrected chi connectivity index (χ4v) is 4.76. The van der Waals surface area contributed by atoms with Crippen molar-refractivity contribution in [3.8, 4) is 22.6 Å². The Balaban J connectivity index is 1.60. The van der Waals surface area contributed by atoms with E-state index in [0.29, 0.717) is 45.7 Å². The lowest BCUT2D eigenvalue weighted by atomic mass is 9.94. The van der Waals surface area contributed by atoms with Gasteiger partial charge in [-0.05, 0) is 65.1 Å². The van der Waals surface area contributed by atoms with Crippen molar-refractivity contribution < 1.29 is 33.4 Å². The molecule has 222 valence electrons. The van der Waals surface area contributed by atoms with E-state index in [1.54, 1.807) is 80.9 Å². The van der Waals surface area contributed by atoms with Crippen LogP contribution < -0.4 is 14.8 Å². The highest BCUT2D eigenvalue weighted by molar-refractivity contribution is 6.06. The van der Waals surface area contributed by atoms with E-state index >= 15 is 0 Å². The van der Waals surface area contributed by atoms with Crippen LogP contribution >= 0.6 is 0 Å². The van der Waals surface area contributed by atoms with Gasteiger partial charge < -0.3 is 24.8 Å². The van der Waals surface area contributed by atoms with Crippen LogP contribution in [0.25, 0.3) is 11.1 Å². The third-order valence-electron chi connectivity index (χ3n) is 6.96. The lowest BCUT2D eigenvalue weighted by molar-refractivity contribution is -0.137. The molecule has 0 saturated carbocycles. The second kappa shape index (κ2) is 14.6. The van der Waals surface area contributed by atoms with Crippen molar-refractivity contribution in [2.45, 2.75) is 19.4 Å². The standard InChI is InChI=1S/C34H33FN2O6/c1-42-30-15-14-23(21-31(30)43-2)16-18-37(19-17-32(38)39)34(41)29-13-6-4-11-27(29)26-10-3-5-12-28(26)33(40)36-22-24-8-7-9-25(35)20-24/h3-15,20-21H,16-19,22H2,1-2H3,(H,36,40)(H,38,39). The maximum atomic E-state index is 14.0. The van der Waals surface area contributed by atoms with Crippen molar-refractivity contribution >= 4 is 17.8 Å². The Morgan fingerprint density at radius 1 is 0.767 bits per heavy atom. The van der Waals surface area contributed by atoms with E-state index < -0.39 is 11.8 Å². The maximum absolute atomic E-state index is 14.0. The predicted octanol–water partition coefficient (Wildman–Crippen LogP) is 5.60. The number of carbonyl (C=O) groups is 3. The number of ether oxygens (including phenoxy) is 2. The first kappa shape index (κ1) is 30.8. The molecule has 0 fully saturated rings. The summed E-state index contributed by atoms with van der Waals surface area (Å²) < 4.78 is 24.3. The molecule has 4 rings (SSSR count). The quantitative estimate of drug-likeness (QED) is 0.212. The Morgan fingerprint density at radius 3 is 2.12 bits per heavy atom. The normalized spacial score (nSPS) is 10.6. The molecular formula is C34H33FN2O6. The topological polar surface area (TPSA) is 105 Å². The number of nitrogens with zero attached hydrogens (tertiary/aromatic N) is 1. The molecule has 4 aromatic carbocycles. The molecule has 0 spiro atoms. The summed E-state index contributed by atoms with van der Waals surface area (Å²) in [6.45, 7) is 0.391. The number of rotatable bonds is 13. The molecule has 2 amide bonds. The highest BCUT2D eigenvalue weighted by Gasteiger charge is 2.23. The van der Waals surface area contributed by atoms with Crippen molar-refractivity contribution in [1.29, 1.82) is 0 Å². The third-order valence-corrected chi connectivity index (χ3v) is 6.96. The number of amides is 2. The van der Waals surface area contributed by atoms with Gasteiger partial charge in [-0.2, -0.15) is 0 Å². The van der Waals surface area contributed by atoms with Gasteiger partial charge in [-0.3, -0.25) is 14.4 Å². The maximum Gasteiger partial charge on any atom is 0.305 e. The minimum Gasteiger partial charge on any atom is -0.493 e. The fourth-order valence-electron chi connectivity index (χ4n) is 4.76. The number of methoxy groups -OCH3 is 2. The van der Waals surface area contributed by atoms with Crippen LogP contribution in [0.15, 0.2) is 91.0 Å². The van der Waals surface area contributed by atoms with Gasteiger partial charge in [0.05, 0.1) is 20.6 Å². The Labute approximate surface area is 249 Å². The molecular weight excluding hydrogens is 551 g/mol. The lowest BCUT2D eigenvalue weighted by Gasteiger charge is -2.24. The van der Waals surface area contributed by atoms with Crippen molar-refractivity contribution in [1.82, 2.24) is 10.2 Å². The zero-order valence-corrected chi connectivity index (χ0v) is 24.0. The van der Waals surface area contributed by atoms with Crippen molar-refractivity contribution in [3.63, 3.8) is 0 Å². The molecule has 9 heteroatoms. The van der Waals surface area contributed by atoms with Crippen LogP contribution in [0.2, 0.25) is 0 Å². The van der Waals surface area contributed by atoms with Crippen LogP contribution in [0.4, 0.5) is 4.39 Å². The zero-order chi connectivity index (χ0) is 30.8. The minimum absolute atomic E-state index is 0.00551. The summed E-state index contributed by atoms with van der Waals surface area (Å²) in [5.41, 5.74) is 3.27. The summed E-state index contributed by atoms with van der Waals surface area (Å²) in [5.74, 6) is -1.00.